The van der Waals surface area contributed by atoms with Gasteiger partial charge in [0.1, 0.15) is 11.5 Å². The molecule has 7 heteroatoms. The van der Waals surface area contributed by atoms with E-state index in [0.29, 0.717) is 27.9 Å². The minimum Gasteiger partial charge on any atom is -0.457 e. The predicted octanol–water partition coefficient (Wildman–Crippen LogP) is 8.17. The first-order valence-corrected chi connectivity index (χ1v) is 11.8. The van der Waals surface area contributed by atoms with Gasteiger partial charge in [-0.15, -0.1) is 0 Å². The largest absolute Gasteiger partial charge is 0.457 e. The van der Waals surface area contributed by atoms with Gasteiger partial charge < -0.3 is 10.1 Å². The van der Waals surface area contributed by atoms with Crippen molar-refractivity contribution in [3.05, 3.63) is 124 Å². The quantitative estimate of drug-likeness (QED) is 0.299. The fraction of sp³-hybridized carbons (Fsp3) is 0.0714. The van der Waals surface area contributed by atoms with Crippen LogP contribution in [0.3, 0.4) is 0 Å². The van der Waals surface area contributed by atoms with E-state index in [9.17, 15) is 4.79 Å². The average molecular weight is 502 g/mol. The summed E-state index contributed by atoms with van der Waals surface area (Å²) in [5.74, 6) is 1.42. The molecule has 1 unspecified atom stereocenters. The van der Waals surface area contributed by atoms with Crippen molar-refractivity contribution >= 4 is 40.6 Å². The molecule has 35 heavy (non-hydrogen) atoms. The summed E-state index contributed by atoms with van der Waals surface area (Å²) in [7, 11) is 0. The summed E-state index contributed by atoms with van der Waals surface area (Å²) in [5.41, 5.74) is 3.32. The molecule has 0 aromatic heterocycles. The highest BCUT2D eigenvalue weighted by atomic mass is 35.5. The Bertz CT molecular complexity index is 1340. The van der Waals surface area contributed by atoms with E-state index in [-0.39, 0.29) is 12.1 Å². The van der Waals surface area contributed by atoms with E-state index in [1.807, 2.05) is 91.0 Å². The monoisotopic (exact) mass is 501 g/mol. The second-order valence-electron chi connectivity index (χ2n) is 8.04. The van der Waals surface area contributed by atoms with Crippen LogP contribution >= 0.6 is 23.2 Å². The molecule has 5 rings (SSSR count). The molecule has 1 atom stereocenters. The zero-order valence-corrected chi connectivity index (χ0v) is 20.1. The molecular weight excluding hydrogens is 481 g/mol. The Morgan fingerprint density at radius 3 is 2.06 bits per heavy atom. The minimum atomic E-state index is -0.328. The van der Waals surface area contributed by atoms with E-state index < -0.39 is 0 Å². The van der Waals surface area contributed by atoms with Crippen molar-refractivity contribution in [3.8, 4) is 11.5 Å². The summed E-state index contributed by atoms with van der Waals surface area (Å²) < 4.78 is 5.83. The molecule has 5 nitrogen and oxygen atoms in total. The summed E-state index contributed by atoms with van der Waals surface area (Å²) in [4.78, 5) is 13.3. The number of hydrogen-bond acceptors (Lipinski definition) is 3. The number of rotatable bonds is 5. The zero-order chi connectivity index (χ0) is 24.2. The second kappa shape index (κ2) is 10.2. The van der Waals surface area contributed by atoms with Crippen LogP contribution in [0.1, 0.15) is 23.6 Å². The van der Waals surface area contributed by atoms with Gasteiger partial charge in [0.25, 0.3) is 0 Å². The van der Waals surface area contributed by atoms with Crippen molar-refractivity contribution in [2.75, 3.05) is 5.32 Å². The number of hydrogen-bond donors (Lipinski definition) is 1. The smallest absolute Gasteiger partial charge is 0.342 e. The Balaban J connectivity index is 1.35. The van der Waals surface area contributed by atoms with Crippen LogP contribution in [0.2, 0.25) is 10.0 Å². The third-order valence-corrected chi connectivity index (χ3v) is 6.14. The van der Waals surface area contributed by atoms with Gasteiger partial charge in [-0.3, -0.25) is 0 Å². The molecule has 1 aliphatic heterocycles. The van der Waals surface area contributed by atoms with E-state index in [0.717, 1.165) is 22.6 Å². The number of benzene rings is 4. The number of carbonyl (C=O) groups is 1. The minimum absolute atomic E-state index is 0.265. The maximum atomic E-state index is 13.3. The summed E-state index contributed by atoms with van der Waals surface area (Å²) in [6.07, 6.45) is 0.570. The molecule has 0 bridgehead atoms. The van der Waals surface area contributed by atoms with Gasteiger partial charge in [0.05, 0.1) is 11.8 Å². The normalized spacial score (nSPS) is 15.0. The van der Waals surface area contributed by atoms with Crippen molar-refractivity contribution < 1.29 is 9.53 Å². The number of amides is 2. The van der Waals surface area contributed by atoms with Crippen molar-refractivity contribution in [1.82, 2.24) is 5.01 Å². The lowest BCUT2D eigenvalue weighted by molar-refractivity contribution is 0.200. The van der Waals surface area contributed by atoms with Gasteiger partial charge in [-0.1, -0.05) is 65.7 Å². The molecular formula is C28H21Cl2N3O2. The highest BCUT2D eigenvalue weighted by Crippen LogP contribution is 2.34. The van der Waals surface area contributed by atoms with Crippen LogP contribution in [0.5, 0.6) is 11.5 Å². The molecule has 0 saturated heterocycles. The van der Waals surface area contributed by atoms with Crippen LogP contribution < -0.4 is 10.1 Å². The van der Waals surface area contributed by atoms with E-state index in [1.54, 1.807) is 12.1 Å². The highest BCUT2D eigenvalue weighted by Gasteiger charge is 2.33. The van der Waals surface area contributed by atoms with Crippen LogP contribution in [0, 0.1) is 0 Å². The van der Waals surface area contributed by atoms with E-state index >= 15 is 0 Å². The zero-order valence-electron chi connectivity index (χ0n) is 18.6. The first kappa shape index (κ1) is 23.0. The third kappa shape index (κ3) is 5.48. The molecule has 4 aromatic rings. The molecule has 1 aliphatic rings. The number of urea groups is 1. The van der Waals surface area contributed by atoms with Crippen molar-refractivity contribution in [2.45, 2.75) is 12.5 Å². The molecule has 0 saturated carbocycles. The molecule has 0 radical (unpaired) electrons. The molecule has 1 heterocycles. The lowest BCUT2D eigenvalue weighted by Crippen LogP contribution is -2.31. The second-order valence-corrected chi connectivity index (χ2v) is 8.91. The summed E-state index contributed by atoms with van der Waals surface area (Å²) >= 11 is 12.1. The first-order chi connectivity index (χ1) is 17.0. The lowest BCUT2D eigenvalue weighted by atomic mass is 9.98. The highest BCUT2D eigenvalue weighted by molar-refractivity contribution is 6.31. The Labute approximate surface area is 213 Å². The molecule has 0 aliphatic carbocycles. The number of halogens is 2. The standard InChI is InChI=1S/C28H21Cl2N3O2/c29-21-10-6-19(7-11-21)26-18-27(20-8-12-22(30)13-9-20)33(32-26)28(34)31-23-14-16-25(17-15-23)35-24-4-2-1-3-5-24/h1-17,27H,18H2,(H,31,34). The van der Waals surface area contributed by atoms with Gasteiger partial charge in [0, 0.05) is 22.2 Å². The molecule has 0 spiro atoms. The molecule has 4 aromatic carbocycles. The third-order valence-electron chi connectivity index (χ3n) is 5.64. The fourth-order valence-electron chi connectivity index (χ4n) is 3.87. The van der Waals surface area contributed by atoms with Crippen LogP contribution in [0.4, 0.5) is 10.5 Å². The molecule has 174 valence electrons. The van der Waals surface area contributed by atoms with Crippen LogP contribution in [-0.2, 0) is 0 Å². The van der Waals surface area contributed by atoms with E-state index in [1.165, 1.54) is 5.01 Å². The number of nitrogens with one attached hydrogen (secondary N) is 1. The van der Waals surface area contributed by atoms with Crippen molar-refractivity contribution in [1.29, 1.82) is 0 Å². The number of para-hydroxylation sites is 1. The van der Waals surface area contributed by atoms with E-state index in [4.69, 9.17) is 27.9 Å². The molecule has 2 amide bonds. The summed E-state index contributed by atoms with van der Waals surface area (Å²) in [5, 5.41) is 10.4. The molecule has 0 fully saturated rings. The van der Waals surface area contributed by atoms with Crippen LogP contribution in [-0.4, -0.2) is 16.8 Å². The Kier molecular flexibility index (Phi) is 6.70. The SMILES string of the molecule is O=C(Nc1ccc(Oc2ccccc2)cc1)N1N=C(c2ccc(Cl)cc2)CC1c1ccc(Cl)cc1. The molecule has 1 N–H and O–H groups in total. The topological polar surface area (TPSA) is 53.9 Å². The predicted molar refractivity (Wildman–Crippen MR) is 141 cm³/mol. The lowest BCUT2D eigenvalue weighted by Gasteiger charge is -2.22. The maximum absolute atomic E-state index is 13.3. The van der Waals surface area contributed by atoms with Gasteiger partial charge in [0.2, 0.25) is 0 Å². The maximum Gasteiger partial charge on any atom is 0.342 e. The average Bonchev–Trinajstić information content (AvgIpc) is 3.32. The van der Waals surface area contributed by atoms with Gasteiger partial charge in [0.15, 0.2) is 0 Å². The Morgan fingerprint density at radius 2 is 1.40 bits per heavy atom. The van der Waals surface area contributed by atoms with Gasteiger partial charge in [-0.05, 0) is 71.8 Å². The van der Waals surface area contributed by atoms with Gasteiger partial charge in [-0.25, -0.2) is 9.80 Å². The number of anilines is 1. The first-order valence-electron chi connectivity index (χ1n) is 11.1. The number of hydrazone groups is 1. The number of nitrogens with zero attached hydrogens (tertiary/aromatic N) is 2. The number of ether oxygens (including phenoxy) is 1. The van der Waals surface area contributed by atoms with Gasteiger partial charge >= 0.3 is 6.03 Å². The summed E-state index contributed by atoms with van der Waals surface area (Å²) in [6.45, 7) is 0. The Morgan fingerprint density at radius 1 is 0.800 bits per heavy atom. The van der Waals surface area contributed by atoms with Crippen molar-refractivity contribution in [2.24, 2.45) is 5.10 Å². The van der Waals surface area contributed by atoms with E-state index in [2.05, 4.69) is 10.4 Å². The summed E-state index contributed by atoms with van der Waals surface area (Å²) in [6, 6.07) is 31.1. The van der Waals surface area contributed by atoms with Crippen LogP contribution in [0.15, 0.2) is 108 Å². The number of carbonyl (C=O) groups excluding carboxylic acids is 1. The Hall–Kier alpha value is -3.80. The fourth-order valence-corrected chi connectivity index (χ4v) is 4.12. The van der Waals surface area contributed by atoms with Gasteiger partial charge in [-0.2, -0.15) is 5.10 Å². The van der Waals surface area contributed by atoms with Crippen molar-refractivity contribution in [3.63, 3.8) is 0 Å². The van der Waals surface area contributed by atoms with Crippen LogP contribution in [0.25, 0.3) is 0 Å².